The molecule has 2 fully saturated rings. The highest BCUT2D eigenvalue weighted by Crippen LogP contribution is 2.19. The van der Waals surface area contributed by atoms with Crippen LogP contribution in [0.4, 0.5) is 4.79 Å². The number of hydrogen-bond donors (Lipinski definition) is 0. The summed E-state index contributed by atoms with van der Waals surface area (Å²) in [4.78, 5) is 19.2. The van der Waals surface area contributed by atoms with Gasteiger partial charge in [-0.15, -0.1) is 0 Å². The number of benzene rings is 1. The summed E-state index contributed by atoms with van der Waals surface area (Å²) in [5.74, 6) is 0. The van der Waals surface area contributed by atoms with Gasteiger partial charge in [0.05, 0.1) is 0 Å². The van der Waals surface area contributed by atoms with Crippen LogP contribution in [0, 0.1) is 0 Å². The Labute approximate surface area is 145 Å². The largest absolute Gasteiger partial charge is 0.444 e. The van der Waals surface area contributed by atoms with Crippen molar-refractivity contribution in [3.63, 3.8) is 0 Å². The molecule has 0 radical (unpaired) electrons. The Balaban J connectivity index is 1.56. The van der Waals surface area contributed by atoms with E-state index in [0.29, 0.717) is 6.04 Å². The van der Waals surface area contributed by atoms with E-state index in [2.05, 4.69) is 40.1 Å². The van der Waals surface area contributed by atoms with Gasteiger partial charge in [-0.3, -0.25) is 9.80 Å². The maximum atomic E-state index is 12.3. The SMILES string of the molecule is CC(C)(C)OC(=O)N1CCN2CCN(Cc3ccccc3)C[C@H]2C1. The fourth-order valence-corrected chi connectivity index (χ4v) is 3.50. The van der Waals surface area contributed by atoms with Crippen LogP contribution in [0.3, 0.4) is 0 Å². The van der Waals surface area contributed by atoms with E-state index in [0.717, 1.165) is 45.8 Å². The van der Waals surface area contributed by atoms with Crippen LogP contribution in [-0.4, -0.2) is 71.7 Å². The molecule has 24 heavy (non-hydrogen) atoms. The minimum Gasteiger partial charge on any atom is -0.444 e. The van der Waals surface area contributed by atoms with Gasteiger partial charge in [-0.1, -0.05) is 30.3 Å². The van der Waals surface area contributed by atoms with E-state index in [4.69, 9.17) is 4.74 Å². The minimum atomic E-state index is -0.430. The predicted octanol–water partition coefficient (Wildman–Crippen LogP) is 2.42. The first-order chi connectivity index (χ1) is 11.4. The molecule has 5 nitrogen and oxygen atoms in total. The maximum absolute atomic E-state index is 12.3. The van der Waals surface area contributed by atoms with Crippen LogP contribution in [-0.2, 0) is 11.3 Å². The Bertz CT molecular complexity index is 555. The predicted molar refractivity (Wildman–Crippen MR) is 94.9 cm³/mol. The van der Waals surface area contributed by atoms with Gasteiger partial charge in [0.25, 0.3) is 0 Å². The fourth-order valence-electron chi connectivity index (χ4n) is 3.50. The Morgan fingerprint density at radius 2 is 1.79 bits per heavy atom. The van der Waals surface area contributed by atoms with Crippen LogP contribution in [0.2, 0.25) is 0 Å². The van der Waals surface area contributed by atoms with Crippen LogP contribution in [0.15, 0.2) is 30.3 Å². The number of carbonyl (C=O) groups is 1. The molecule has 2 saturated heterocycles. The first-order valence-corrected chi connectivity index (χ1v) is 8.89. The lowest BCUT2D eigenvalue weighted by Gasteiger charge is -2.47. The van der Waals surface area contributed by atoms with Crippen molar-refractivity contribution in [2.75, 3.05) is 39.3 Å². The second-order valence-corrected chi connectivity index (χ2v) is 7.84. The molecule has 1 aromatic rings. The topological polar surface area (TPSA) is 36.0 Å². The number of nitrogens with zero attached hydrogens (tertiary/aromatic N) is 3. The summed E-state index contributed by atoms with van der Waals surface area (Å²) in [5.41, 5.74) is 0.922. The molecule has 1 aromatic carbocycles. The van der Waals surface area contributed by atoms with Gasteiger partial charge in [0.1, 0.15) is 5.60 Å². The summed E-state index contributed by atoms with van der Waals surface area (Å²) in [6.07, 6.45) is -0.178. The number of rotatable bonds is 2. The van der Waals surface area contributed by atoms with Gasteiger partial charge in [-0.25, -0.2) is 4.79 Å². The summed E-state index contributed by atoms with van der Waals surface area (Å²) in [7, 11) is 0. The highest BCUT2D eigenvalue weighted by molar-refractivity contribution is 5.68. The molecule has 3 rings (SSSR count). The summed E-state index contributed by atoms with van der Waals surface area (Å²) in [6, 6.07) is 11.0. The van der Waals surface area contributed by atoms with Crippen molar-refractivity contribution < 1.29 is 9.53 Å². The van der Waals surface area contributed by atoms with E-state index in [1.165, 1.54) is 5.56 Å². The van der Waals surface area contributed by atoms with Crippen molar-refractivity contribution in [3.05, 3.63) is 35.9 Å². The second kappa shape index (κ2) is 7.11. The van der Waals surface area contributed by atoms with Gasteiger partial charge in [0.15, 0.2) is 0 Å². The Hall–Kier alpha value is -1.59. The molecule has 2 heterocycles. The molecule has 0 bridgehead atoms. The van der Waals surface area contributed by atoms with E-state index in [-0.39, 0.29) is 6.09 Å². The van der Waals surface area contributed by atoms with Crippen molar-refractivity contribution in [2.24, 2.45) is 0 Å². The minimum absolute atomic E-state index is 0.178. The number of hydrogen-bond acceptors (Lipinski definition) is 4. The molecule has 0 aliphatic carbocycles. The van der Waals surface area contributed by atoms with Gasteiger partial charge < -0.3 is 9.64 Å². The zero-order valence-corrected chi connectivity index (χ0v) is 15.1. The first-order valence-electron chi connectivity index (χ1n) is 8.89. The van der Waals surface area contributed by atoms with Gasteiger partial charge in [0.2, 0.25) is 0 Å². The molecule has 0 N–H and O–H groups in total. The zero-order valence-electron chi connectivity index (χ0n) is 15.1. The number of fused-ring (bicyclic) bond motifs is 1. The highest BCUT2D eigenvalue weighted by atomic mass is 16.6. The summed E-state index contributed by atoms with van der Waals surface area (Å²) in [6.45, 7) is 12.4. The molecule has 132 valence electrons. The average molecular weight is 331 g/mol. The quantitative estimate of drug-likeness (QED) is 0.834. The summed E-state index contributed by atoms with van der Waals surface area (Å²) >= 11 is 0. The normalized spacial score (nSPS) is 23.0. The zero-order chi connectivity index (χ0) is 17.2. The van der Waals surface area contributed by atoms with Crippen LogP contribution >= 0.6 is 0 Å². The first kappa shape index (κ1) is 17.2. The maximum Gasteiger partial charge on any atom is 0.410 e. The third-order valence-electron chi connectivity index (χ3n) is 4.68. The van der Waals surface area contributed by atoms with E-state index in [1.807, 2.05) is 25.7 Å². The van der Waals surface area contributed by atoms with E-state index in [9.17, 15) is 4.79 Å². The second-order valence-electron chi connectivity index (χ2n) is 7.84. The number of amides is 1. The standard InChI is InChI=1S/C19H29N3O2/c1-19(2,3)24-18(23)22-12-11-21-10-9-20(14-17(21)15-22)13-16-7-5-4-6-8-16/h4-8,17H,9-15H2,1-3H3/t17-/m0/s1. The van der Waals surface area contributed by atoms with Crippen LogP contribution in [0.1, 0.15) is 26.3 Å². The van der Waals surface area contributed by atoms with E-state index in [1.54, 1.807) is 0 Å². The molecular formula is C19H29N3O2. The molecule has 0 saturated carbocycles. The monoisotopic (exact) mass is 331 g/mol. The van der Waals surface area contributed by atoms with Gasteiger partial charge in [-0.2, -0.15) is 0 Å². The van der Waals surface area contributed by atoms with Crippen molar-refractivity contribution in [1.29, 1.82) is 0 Å². The van der Waals surface area contributed by atoms with Gasteiger partial charge in [-0.05, 0) is 26.3 Å². The number of piperazine rings is 2. The molecule has 1 atom stereocenters. The van der Waals surface area contributed by atoms with E-state index >= 15 is 0 Å². The summed E-state index contributed by atoms with van der Waals surface area (Å²) in [5, 5.41) is 0. The van der Waals surface area contributed by atoms with Gasteiger partial charge in [0, 0.05) is 51.9 Å². The molecule has 0 unspecified atom stereocenters. The van der Waals surface area contributed by atoms with Crippen molar-refractivity contribution in [2.45, 2.75) is 39.0 Å². The highest BCUT2D eigenvalue weighted by Gasteiger charge is 2.35. The lowest BCUT2D eigenvalue weighted by atomic mass is 10.1. The van der Waals surface area contributed by atoms with Crippen molar-refractivity contribution >= 4 is 6.09 Å². The molecular weight excluding hydrogens is 302 g/mol. The Morgan fingerprint density at radius 1 is 1.08 bits per heavy atom. The lowest BCUT2D eigenvalue weighted by Crippen LogP contribution is -2.62. The summed E-state index contributed by atoms with van der Waals surface area (Å²) < 4.78 is 5.53. The van der Waals surface area contributed by atoms with Crippen LogP contribution in [0.5, 0.6) is 0 Å². The molecule has 1 amide bonds. The number of ether oxygens (including phenoxy) is 1. The van der Waals surface area contributed by atoms with Crippen molar-refractivity contribution in [1.82, 2.24) is 14.7 Å². The molecule has 2 aliphatic rings. The third kappa shape index (κ3) is 4.48. The molecule has 0 spiro atoms. The third-order valence-corrected chi connectivity index (χ3v) is 4.68. The molecule has 2 aliphatic heterocycles. The van der Waals surface area contributed by atoms with Crippen molar-refractivity contribution in [3.8, 4) is 0 Å². The van der Waals surface area contributed by atoms with E-state index < -0.39 is 5.60 Å². The average Bonchev–Trinajstić information content (AvgIpc) is 2.53. The smallest absolute Gasteiger partial charge is 0.410 e. The molecule has 5 heteroatoms. The Kier molecular flexibility index (Phi) is 5.11. The van der Waals surface area contributed by atoms with Crippen LogP contribution in [0.25, 0.3) is 0 Å². The van der Waals surface area contributed by atoms with Gasteiger partial charge >= 0.3 is 6.09 Å². The fraction of sp³-hybridized carbons (Fsp3) is 0.632. The Morgan fingerprint density at radius 3 is 2.50 bits per heavy atom. The number of carbonyl (C=O) groups excluding carboxylic acids is 1. The molecule has 0 aromatic heterocycles. The lowest BCUT2D eigenvalue weighted by molar-refractivity contribution is -0.0160. The van der Waals surface area contributed by atoms with Crippen LogP contribution < -0.4 is 0 Å².